The summed E-state index contributed by atoms with van der Waals surface area (Å²) >= 11 is 1.34. The first-order valence-corrected chi connectivity index (χ1v) is 8.69. The number of hydrogen-bond acceptors (Lipinski definition) is 5. The van der Waals surface area contributed by atoms with E-state index in [9.17, 15) is 4.79 Å². The van der Waals surface area contributed by atoms with Crippen molar-refractivity contribution in [3.05, 3.63) is 54.1 Å². The number of imidazole rings is 1. The van der Waals surface area contributed by atoms with Crippen LogP contribution in [0.4, 0.5) is 0 Å². The molecule has 0 atom stereocenters. The first kappa shape index (κ1) is 17.0. The topological polar surface area (TPSA) is 79.4 Å². The summed E-state index contributed by atoms with van der Waals surface area (Å²) in [5.74, 6) is 0.834. The number of hydrogen-bond donors (Lipinski definition) is 2. The van der Waals surface area contributed by atoms with E-state index in [-0.39, 0.29) is 11.7 Å². The molecule has 0 aliphatic heterocycles. The van der Waals surface area contributed by atoms with Crippen LogP contribution in [0.3, 0.4) is 0 Å². The number of nitrogens with one attached hydrogen (secondary N) is 2. The molecule has 0 bridgehead atoms. The zero-order valence-electron chi connectivity index (χ0n) is 13.9. The second-order valence-corrected chi connectivity index (χ2v) is 6.27. The van der Waals surface area contributed by atoms with Crippen molar-refractivity contribution in [1.29, 1.82) is 0 Å². The van der Waals surface area contributed by atoms with Crippen LogP contribution in [-0.4, -0.2) is 34.4 Å². The van der Waals surface area contributed by atoms with Crippen molar-refractivity contribution in [3.8, 4) is 5.75 Å². The van der Waals surface area contributed by atoms with Gasteiger partial charge in [0.1, 0.15) is 5.75 Å². The number of benzene rings is 2. The number of thioether (sulfide) groups is 1. The number of amides is 1. The number of fused-ring (bicyclic) bond motifs is 1. The van der Waals surface area contributed by atoms with Crippen LogP contribution >= 0.6 is 11.8 Å². The molecule has 0 aliphatic rings. The molecular formula is C18H18N4O2S. The normalized spacial score (nSPS) is 11.5. The van der Waals surface area contributed by atoms with Crippen molar-refractivity contribution >= 4 is 34.4 Å². The standard InChI is InChI=1S/C18H18N4O2S/c1-12(13-7-9-14(24-2)10-8-13)21-22-17(23)11-25-18-19-15-5-3-4-6-16(15)20-18/h3-10H,11H2,1-2H3,(H,19,20)(H,22,23). The number of carbonyl (C=O) groups excluding carboxylic acids is 1. The molecule has 0 fully saturated rings. The molecule has 6 nitrogen and oxygen atoms in total. The van der Waals surface area contributed by atoms with Gasteiger partial charge in [-0.3, -0.25) is 4.79 Å². The van der Waals surface area contributed by atoms with E-state index in [1.807, 2.05) is 55.5 Å². The smallest absolute Gasteiger partial charge is 0.250 e. The van der Waals surface area contributed by atoms with E-state index in [4.69, 9.17) is 4.74 Å². The van der Waals surface area contributed by atoms with Crippen molar-refractivity contribution in [2.24, 2.45) is 5.10 Å². The van der Waals surface area contributed by atoms with Gasteiger partial charge in [0.05, 0.1) is 29.6 Å². The van der Waals surface area contributed by atoms with Gasteiger partial charge in [-0.1, -0.05) is 23.9 Å². The van der Waals surface area contributed by atoms with E-state index in [1.165, 1.54) is 11.8 Å². The summed E-state index contributed by atoms with van der Waals surface area (Å²) in [6, 6.07) is 15.3. The van der Waals surface area contributed by atoms with Gasteiger partial charge in [-0.2, -0.15) is 5.10 Å². The molecule has 0 unspecified atom stereocenters. The quantitative estimate of drug-likeness (QED) is 0.405. The Morgan fingerprint density at radius 1 is 1.24 bits per heavy atom. The van der Waals surface area contributed by atoms with Crippen LogP contribution in [0.1, 0.15) is 12.5 Å². The van der Waals surface area contributed by atoms with E-state index >= 15 is 0 Å². The van der Waals surface area contributed by atoms with Gasteiger partial charge in [-0.15, -0.1) is 0 Å². The third-order valence-electron chi connectivity index (χ3n) is 3.56. The zero-order valence-corrected chi connectivity index (χ0v) is 14.8. The van der Waals surface area contributed by atoms with Gasteiger partial charge in [-0.05, 0) is 48.9 Å². The predicted octanol–water partition coefficient (Wildman–Crippen LogP) is 3.20. The maximum Gasteiger partial charge on any atom is 0.250 e. The number of H-pyrrole nitrogens is 1. The highest BCUT2D eigenvalue weighted by molar-refractivity contribution is 7.99. The molecule has 25 heavy (non-hydrogen) atoms. The van der Waals surface area contributed by atoms with E-state index < -0.39 is 0 Å². The van der Waals surface area contributed by atoms with Crippen molar-refractivity contribution < 1.29 is 9.53 Å². The molecule has 0 saturated carbocycles. The summed E-state index contributed by atoms with van der Waals surface area (Å²) in [6.07, 6.45) is 0. The molecule has 128 valence electrons. The lowest BCUT2D eigenvalue weighted by Gasteiger charge is -2.04. The lowest BCUT2D eigenvalue weighted by atomic mass is 10.1. The summed E-state index contributed by atoms with van der Waals surface area (Å²) < 4.78 is 5.12. The number of rotatable bonds is 6. The lowest BCUT2D eigenvalue weighted by molar-refractivity contribution is -0.118. The molecule has 3 aromatic rings. The van der Waals surface area contributed by atoms with E-state index in [2.05, 4.69) is 20.5 Å². The number of aromatic nitrogens is 2. The second kappa shape index (κ2) is 7.85. The summed E-state index contributed by atoms with van der Waals surface area (Å²) in [4.78, 5) is 19.6. The highest BCUT2D eigenvalue weighted by atomic mass is 32.2. The highest BCUT2D eigenvalue weighted by Gasteiger charge is 2.07. The minimum absolute atomic E-state index is 0.182. The van der Waals surface area contributed by atoms with Gasteiger partial charge in [0.25, 0.3) is 5.91 Å². The predicted molar refractivity (Wildman–Crippen MR) is 100 cm³/mol. The molecule has 1 heterocycles. The number of carbonyl (C=O) groups is 1. The average molecular weight is 354 g/mol. The molecule has 0 spiro atoms. The Morgan fingerprint density at radius 2 is 2.00 bits per heavy atom. The van der Waals surface area contributed by atoms with Crippen LogP contribution in [-0.2, 0) is 4.79 Å². The van der Waals surface area contributed by atoms with Crippen LogP contribution in [0.5, 0.6) is 5.75 Å². The number of aromatic amines is 1. The lowest BCUT2D eigenvalue weighted by Crippen LogP contribution is -2.21. The van der Waals surface area contributed by atoms with E-state index in [1.54, 1.807) is 7.11 Å². The first-order chi connectivity index (χ1) is 12.2. The van der Waals surface area contributed by atoms with Gasteiger partial charge in [0, 0.05) is 0 Å². The Hall–Kier alpha value is -2.80. The van der Waals surface area contributed by atoms with Crippen LogP contribution in [0.2, 0.25) is 0 Å². The number of methoxy groups -OCH3 is 1. The molecule has 2 N–H and O–H groups in total. The summed E-state index contributed by atoms with van der Waals surface area (Å²) in [5, 5.41) is 4.85. The largest absolute Gasteiger partial charge is 0.497 e. The maximum atomic E-state index is 12.0. The van der Waals surface area contributed by atoms with Crippen LogP contribution in [0, 0.1) is 0 Å². The molecule has 1 amide bonds. The van der Waals surface area contributed by atoms with Gasteiger partial charge >= 0.3 is 0 Å². The van der Waals surface area contributed by atoms with Gasteiger partial charge in [-0.25, -0.2) is 10.4 Å². The third-order valence-corrected chi connectivity index (χ3v) is 4.44. The van der Waals surface area contributed by atoms with Crippen molar-refractivity contribution in [2.75, 3.05) is 12.9 Å². The third kappa shape index (κ3) is 4.39. The van der Waals surface area contributed by atoms with Crippen LogP contribution in [0.25, 0.3) is 11.0 Å². The van der Waals surface area contributed by atoms with Crippen molar-refractivity contribution in [1.82, 2.24) is 15.4 Å². The summed E-state index contributed by atoms with van der Waals surface area (Å²) in [7, 11) is 1.62. The van der Waals surface area contributed by atoms with E-state index in [0.717, 1.165) is 28.1 Å². The van der Waals surface area contributed by atoms with Gasteiger partial charge in [0.15, 0.2) is 5.16 Å². The van der Waals surface area contributed by atoms with Crippen molar-refractivity contribution in [2.45, 2.75) is 12.1 Å². The fourth-order valence-corrected chi connectivity index (χ4v) is 2.88. The number of ether oxygens (including phenoxy) is 1. The Morgan fingerprint density at radius 3 is 2.72 bits per heavy atom. The number of para-hydroxylation sites is 2. The van der Waals surface area contributed by atoms with E-state index in [0.29, 0.717) is 5.16 Å². The Labute approximate surface area is 149 Å². The molecule has 2 aromatic carbocycles. The highest BCUT2D eigenvalue weighted by Crippen LogP contribution is 2.18. The molecule has 1 aromatic heterocycles. The molecule has 3 rings (SSSR count). The number of hydrazone groups is 1. The Balaban J connectivity index is 1.54. The zero-order chi connectivity index (χ0) is 17.6. The van der Waals surface area contributed by atoms with Crippen LogP contribution in [0.15, 0.2) is 58.8 Å². The molecule has 0 aliphatic carbocycles. The fraction of sp³-hybridized carbons (Fsp3) is 0.167. The minimum atomic E-state index is -0.182. The van der Waals surface area contributed by atoms with Gasteiger partial charge in [0.2, 0.25) is 0 Å². The summed E-state index contributed by atoms with van der Waals surface area (Å²) in [6.45, 7) is 1.84. The average Bonchev–Trinajstić information content (AvgIpc) is 3.07. The Bertz CT molecular complexity index is 870. The minimum Gasteiger partial charge on any atom is -0.497 e. The molecule has 0 radical (unpaired) electrons. The summed E-state index contributed by atoms with van der Waals surface area (Å²) in [5.41, 5.74) is 6.06. The Kier molecular flexibility index (Phi) is 5.35. The fourth-order valence-electron chi connectivity index (χ4n) is 2.21. The van der Waals surface area contributed by atoms with Crippen molar-refractivity contribution in [3.63, 3.8) is 0 Å². The second-order valence-electron chi connectivity index (χ2n) is 5.31. The van der Waals surface area contributed by atoms with Crippen LogP contribution < -0.4 is 10.2 Å². The monoisotopic (exact) mass is 354 g/mol. The maximum absolute atomic E-state index is 12.0. The number of nitrogens with zero attached hydrogens (tertiary/aromatic N) is 2. The SMILES string of the molecule is COc1ccc(C(C)=NNC(=O)CSc2nc3ccccc3[nH]2)cc1. The molecule has 0 saturated heterocycles. The first-order valence-electron chi connectivity index (χ1n) is 7.71. The molecule has 7 heteroatoms. The van der Waals surface area contributed by atoms with Gasteiger partial charge < -0.3 is 9.72 Å². The molecular weight excluding hydrogens is 336 g/mol.